The molecule has 0 unspecified atom stereocenters. The number of rotatable bonds is 15. The molecule has 3 rings (SSSR count). The van der Waals surface area contributed by atoms with Crippen molar-refractivity contribution in [2.24, 2.45) is 0 Å². The van der Waals surface area contributed by atoms with Crippen molar-refractivity contribution in [1.29, 1.82) is 0 Å². The van der Waals surface area contributed by atoms with Crippen molar-refractivity contribution < 1.29 is 14.3 Å². The highest BCUT2D eigenvalue weighted by Gasteiger charge is 2.07. The summed E-state index contributed by atoms with van der Waals surface area (Å²) in [6.45, 7) is 9.02. The number of hydrogen-bond acceptors (Lipinski definition) is 5. The maximum atomic E-state index is 12.6. The van der Waals surface area contributed by atoms with Gasteiger partial charge in [0.05, 0.1) is 19.8 Å². The Hall–Kier alpha value is -3.02. The molecule has 0 radical (unpaired) electrons. The smallest absolute Gasteiger partial charge is 0.181 e. The zero-order valence-electron chi connectivity index (χ0n) is 20.6. The molecule has 0 heterocycles. The van der Waals surface area contributed by atoms with E-state index in [2.05, 4.69) is 24.1 Å². The Kier molecular flexibility index (Phi) is 10.9. The van der Waals surface area contributed by atoms with Crippen LogP contribution in [-0.2, 0) is 6.42 Å². The van der Waals surface area contributed by atoms with Crippen LogP contribution in [0.15, 0.2) is 72.8 Å². The van der Waals surface area contributed by atoms with Gasteiger partial charge in [-0.3, -0.25) is 4.79 Å². The van der Waals surface area contributed by atoms with E-state index in [1.807, 2.05) is 60.7 Å². The standard InChI is InChI=1S/C29H35ClN2O3/c1-3-32(4-2)19-5-20-34-28-16-12-26(13-17-28)31-22-29(33)24-8-14-27(15-9-24)35-21-18-23-6-10-25(30)11-7-23/h6-17,31H,3-5,18-22H2,1-2H3. The number of benzene rings is 3. The minimum atomic E-state index is 0.0226. The highest BCUT2D eigenvalue weighted by atomic mass is 35.5. The maximum absolute atomic E-state index is 12.6. The highest BCUT2D eigenvalue weighted by molar-refractivity contribution is 6.30. The van der Waals surface area contributed by atoms with Crippen LogP contribution in [-0.4, -0.2) is 50.1 Å². The van der Waals surface area contributed by atoms with Gasteiger partial charge >= 0.3 is 0 Å². The number of halogens is 1. The van der Waals surface area contributed by atoms with Gasteiger partial charge in [0.1, 0.15) is 11.5 Å². The second-order valence-electron chi connectivity index (χ2n) is 8.28. The van der Waals surface area contributed by atoms with Gasteiger partial charge < -0.3 is 19.7 Å². The number of ketones is 1. The summed E-state index contributed by atoms with van der Waals surface area (Å²) in [5.41, 5.74) is 2.70. The Labute approximate surface area is 214 Å². The van der Waals surface area contributed by atoms with E-state index in [0.29, 0.717) is 18.8 Å². The molecule has 6 heteroatoms. The summed E-state index contributed by atoms with van der Waals surface area (Å²) in [4.78, 5) is 14.9. The first-order chi connectivity index (χ1) is 17.1. The third-order valence-electron chi connectivity index (χ3n) is 5.84. The van der Waals surface area contributed by atoms with Crippen LogP contribution >= 0.6 is 11.6 Å². The van der Waals surface area contributed by atoms with Crippen LogP contribution in [0, 0.1) is 0 Å². The minimum Gasteiger partial charge on any atom is -0.494 e. The summed E-state index contributed by atoms with van der Waals surface area (Å²) < 4.78 is 11.6. The summed E-state index contributed by atoms with van der Waals surface area (Å²) >= 11 is 5.91. The zero-order valence-corrected chi connectivity index (χ0v) is 21.4. The van der Waals surface area contributed by atoms with E-state index in [4.69, 9.17) is 21.1 Å². The quantitative estimate of drug-likeness (QED) is 0.196. The van der Waals surface area contributed by atoms with Gasteiger partial charge in [0.25, 0.3) is 0 Å². The number of carbonyl (C=O) groups excluding carboxylic acids is 1. The highest BCUT2D eigenvalue weighted by Crippen LogP contribution is 2.17. The van der Waals surface area contributed by atoms with E-state index < -0.39 is 0 Å². The van der Waals surface area contributed by atoms with Crippen LogP contribution in [0.1, 0.15) is 36.2 Å². The lowest BCUT2D eigenvalue weighted by atomic mass is 10.1. The normalized spacial score (nSPS) is 10.9. The molecule has 0 aromatic heterocycles. The van der Waals surface area contributed by atoms with Crippen molar-refractivity contribution in [2.45, 2.75) is 26.7 Å². The average Bonchev–Trinajstić information content (AvgIpc) is 2.89. The molecule has 1 N–H and O–H groups in total. The van der Waals surface area contributed by atoms with E-state index in [-0.39, 0.29) is 12.3 Å². The first-order valence-electron chi connectivity index (χ1n) is 12.3. The summed E-state index contributed by atoms with van der Waals surface area (Å²) in [7, 11) is 0. The molecule has 0 bridgehead atoms. The van der Waals surface area contributed by atoms with Crippen LogP contribution in [0.4, 0.5) is 5.69 Å². The SMILES string of the molecule is CCN(CC)CCCOc1ccc(NCC(=O)c2ccc(OCCc3ccc(Cl)cc3)cc2)cc1. The van der Waals surface area contributed by atoms with Gasteiger partial charge in [-0.1, -0.05) is 37.6 Å². The number of nitrogens with zero attached hydrogens (tertiary/aromatic N) is 1. The van der Waals surface area contributed by atoms with Crippen molar-refractivity contribution in [3.05, 3.63) is 88.9 Å². The Morgan fingerprint density at radius 1 is 0.829 bits per heavy atom. The lowest BCUT2D eigenvalue weighted by Crippen LogP contribution is -2.25. The number of Topliss-reactive ketones (excluding diaryl/α,β-unsaturated/α-hetero) is 1. The number of carbonyl (C=O) groups is 1. The predicted molar refractivity (Wildman–Crippen MR) is 144 cm³/mol. The largest absolute Gasteiger partial charge is 0.494 e. The Morgan fingerprint density at radius 2 is 1.43 bits per heavy atom. The number of hydrogen-bond donors (Lipinski definition) is 1. The van der Waals surface area contributed by atoms with Crippen LogP contribution in [0.2, 0.25) is 5.02 Å². The summed E-state index contributed by atoms with van der Waals surface area (Å²) in [6.07, 6.45) is 1.80. The van der Waals surface area contributed by atoms with Crippen molar-refractivity contribution >= 4 is 23.1 Å². The topological polar surface area (TPSA) is 50.8 Å². The van der Waals surface area contributed by atoms with Gasteiger partial charge in [-0.2, -0.15) is 0 Å². The van der Waals surface area contributed by atoms with Crippen LogP contribution in [0.25, 0.3) is 0 Å². The van der Waals surface area contributed by atoms with Crippen LogP contribution in [0.5, 0.6) is 11.5 Å². The molecule has 0 aliphatic heterocycles. The van der Waals surface area contributed by atoms with Gasteiger partial charge in [0.15, 0.2) is 5.78 Å². The van der Waals surface area contributed by atoms with E-state index in [0.717, 1.165) is 54.7 Å². The molecule has 0 saturated carbocycles. The first kappa shape index (κ1) is 26.6. The van der Waals surface area contributed by atoms with E-state index >= 15 is 0 Å². The average molecular weight is 495 g/mol. The van der Waals surface area contributed by atoms with E-state index in [9.17, 15) is 4.79 Å². The summed E-state index contributed by atoms with van der Waals surface area (Å²) in [5.74, 6) is 1.61. The molecule has 0 fully saturated rings. The molecule has 3 aromatic rings. The zero-order chi connectivity index (χ0) is 24.9. The van der Waals surface area contributed by atoms with Crippen LogP contribution < -0.4 is 14.8 Å². The van der Waals surface area contributed by atoms with E-state index in [1.54, 1.807) is 12.1 Å². The second-order valence-corrected chi connectivity index (χ2v) is 8.72. The molecule has 3 aromatic carbocycles. The molecule has 5 nitrogen and oxygen atoms in total. The summed E-state index contributed by atoms with van der Waals surface area (Å²) in [5, 5.41) is 3.92. The maximum Gasteiger partial charge on any atom is 0.181 e. The second kappa shape index (κ2) is 14.4. The van der Waals surface area contributed by atoms with Crippen molar-refractivity contribution in [1.82, 2.24) is 4.90 Å². The van der Waals surface area contributed by atoms with E-state index in [1.165, 1.54) is 5.56 Å². The molecule has 0 amide bonds. The van der Waals surface area contributed by atoms with Gasteiger partial charge in [0.2, 0.25) is 0 Å². The monoisotopic (exact) mass is 494 g/mol. The lowest BCUT2D eigenvalue weighted by Gasteiger charge is -2.17. The molecule has 0 spiro atoms. The van der Waals surface area contributed by atoms with Gasteiger partial charge in [-0.05, 0) is 85.7 Å². The Morgan fingerprint density at radius 3 is 2.06 bits per heavy atom. The molecular weight excluding hydrogens is 460 g/mol. The van der Waals surface area contributed by atoms with Gasteiger partial charge in [-0.15, -0.1) is 0 Å². The molecule has 0 atom stereocenters. The van der Waals surface area contributed by atoms with Gasteiger partial charge in [0, 0.05) is 29.2 Å². The predicted octanol–water partition coefficient (Wildman–Crippen LogP) is 6.37. The fourth-order valence-electron chi connectivity index (χ4n) is 3.65. The molecule has 186 valence electrons. The molecular formula is C29H35ClN2O3. The Bertz CT molecular complexity index is 1020. The third kappa shape index (κ3) is 9.27. The third-order valence-corrected chi connectivity index (χ3v) is 6.09. The fourth-order valence-corrected chi connectivity index (χ4v) is 3.77. The Balaban J connectivity index is 1.36. The van der Waals surface area contributed by atoms with Gasteiger partial charge in [-0.25, -0.2) is 0 Å². The van der Waals surface area contributed by atoms with Crippen molar-refractivity contribution in [3.63, 3.8) is 0 Å². The molecule has 35 heavy (non-hydrogen) atoms. The number of nitrogens with one attached hydrogen (secondary N) is 1. The molecule has 0 aliphatic carbocycles. The minimum absolute atomic E-state index is 0.0226. The first-order valence-corrected chi connectivity index (χ1v) is 12.6. The van der Waals surface area contributed by atoms with Crippen LogP contribution in [0.3, 0.4) is 0 Å². The van der Waals surface area contributed by atoms with Crippen molar-refractivity contribution in [2.75, 3.05) is 44.7 Å². The number of anilines is 1. The molecule has 0 saturated heterocycles. The lowest BCUT2D eigenvalue weighted by molar-refractivity contribution is 0.101. The van der Waals surface area contributed by atoms with Crippen molar-refractivity contribution in [3.8, 4) is 11.5 Å². The fraction of sp³-hybridized carbons (Fsp3) is 0.345. The molecule has 0 aliphatic rings. The number of ether oxygens (including phenoxy) is 2. The summed E-state index contributed by atoms with van der Waals surface area (Å²) in [6, 6.07) is 22.8.